The maximum absolute atomic E-state index is 11.6. The Morgan fingerprint density at radius 1 is 1.47 bits per heavy atom. The highest BCUT2D eigenvalue weighted by molar-refractivity contribution is 5.96. The Morgan fingerprint density at radius 3 is 2.71 bits per heavy atom. The SMILES string of the molecule is CCOC(=O)C(C)NC(=O)c1ccc(=O)oc1. The van der Waals surface area contributed by atoms with E-state index in [1.165, 1.54) is 13.0 Å². The summed E-state index contributed by atoms with van der Waals surface area (Å²) < 4.78 is 9.27. The van der Waals surface area contributed by atoms with Crippen molar-refractivity contribution in [2.75, 3.05) is 6.61 Å². The fraction of sp³-hybridized carbons (Fsp3) is 0.364. The van der Waals surface area contributed by atoms with Gasteiger partial charge >= 0.3 is 11.6 Å². The quantitative estimate of drug-likeness (QED) is 0.765. The van der Waals surface area contributed by atoms with Crippen molar-refractivity contribution in [3.05, 3.63) is 34.4 Å². The van der Waals surface area contributed by atoms with Crippen molar-refractivity contribution in [3.63, 3.8) is 0 Å². The summed E-state index contributed by atoms with van der Waals surface area (Å²) in [5, 5.41) is 2.42. The molecule has 0 aliphatic heterocycles. The summed E-state index contributed by atoms with van der Waals surface area (Å²) in [6.45, 7) is 3.44. The van der Waals surface area contributed by atoms with Crippen LogP contribution in [0.15, 0.2) is 27.6 Å². The predicted molar refractivity (Wildman–Crippen MR) is 58.5 cm³/mol. The van der Waals surface area contributed by atoms with Crippen LogP contribution in [-0.2, 0) is 9.53 Å². The molecule has 1 aromatic rings. The van der Waals surface area contributed by atoms with E-state index >= 15 is 0 Å². The summed E-state index contributed by atoms with van der Waals surface area (Å²) in [5.74, 6) is -1.02. The molecule has 17 heavy (non-hydrogen) atoms. The van der Waals surface area contributed by atoms with Gasteiger partial charge in [0.25, 0.3) is 5.91 Å². The summed E-state index contributed by atoms with van der Waals surface area (Å²) in [6, 6.07) is 1.69. The van der Waals surface area contributed by atoms with Crippen LogP contribution in [0.2, 0.25) is 0 Å². The van der Waals surface area contributed by atoms with E-state index in [0.29, 0.717) is 0 Å². The van der Waals surface area contributed by atoms with Gasteiger partial charge in [-0.1, -0.05) is 0 Å². The molecule has 1 rings (SSSR count). The second-order valence-corrected chi connectivity index (χ2v) is 3.29. The van der Waals surface area contributed by atoms with Gasteiger partial charge in [-0.25, -0.2) is 9.59 Å². The lowest BCUT2D eigenvalue weighted by atomic mass is 10.2. The Bertz CT molecular complexity index is 445. The van der Waals surface area contributed by atoms with Gasteiger partial charge in [-0.05, 0) is 19.9 Å². The Hall–Kier alpha value is -2.11. The summed E-state index contributed by atoms with van der Waals surface area (Å²) >= 11 is 0. The standard InChI is InChI=1S/C11H13NO5/c1-3-16-11(15)7(2)12-10(14)8-4-5-9(13)17-6-8/h4-7H,3H2,1-2H3,(H,12,14). The molecule has 0 aromatic carbocycles. The van der Waals surface area contributed by atoms with Crippen molar-refractivity contribution in [2.24, 2.45) is 0 Å². The first-order chi connectivity index (χ1) is 8.04. The lowest BCUT2D eigenvalue weighted by molar-refractivity contribution is -0.144. The third-order valence-corrected chi connectivity index (χ3v) is 1.95. The molecule has 0 saturated carbocycles. The van der Waals surface area contributed by atoms with Gasteiger partial charge in [0.05, 0.1) is 12.2 Å². The van der Waals surface area contributed by atoms with E-state index in [9.17, 15) is 14.4 Å². The van der Waals surface area contributed by atoms with Gasteiger partial charge in [-0.2, -0.15) is 0 Å². The van der Waals surface area contributed by atoms with Crippen LogP contribution in [-0.4, -0.2) is 24.5 Å². The maximum Gasteiger partial charge on any atom is 0.335 e. The predicted octanol–water partition coefficient (Wildman–Crippen LogP) is 0.321. The van der Waals surface area contributed by atoms with Crippen LogP contribution in [0.5, 0.6) is 0 Å². The topological polar surface area (TPSA) is 85.6 Å². The van der Waals surface area contributed by atoms with Gasteiger partial charge in [-0.3, -0.25) is 4.79 Å². The molecule has 6 heteroatoms. The van der Waals surface area contributed by atoms with Gasteiger partial charge < -0.3 is 14.5 Å². The second kappa shape index (κ2) is 5.83. The first kappa shape index (κ1) is 13.0. The highest BCUT2D eigenvalue weighted by Gasteiger charge is 2.17. The highest BCUT2D eigenvalue weighted by Crippen LogP contribution is 1.97. The zero-order chi connectivity index (χ0) is 12.8. The van der Waals surface area contributed by atoms with Gasteiger partial charge in [0.2, 0.25) is 0 Å². The van der Waals surface area contributed by atoms with Crippen molar-refractivity contribution in [3.8, 4) is 0 Å². The Morgan fingerprint density at radius 2 is 2.18 bits per heavy atom. The summed E-state index contributed by atoms with van der Waals surface area (Å²) in [4.78, 5) is 33.5. The molecule has 0 aliphatic rings. The molecule has 1 N–H and O–H groups in total. The molecule has 6 nitrogen and oxygen atoms in total. The first-order valence-electron chi connectivity index (χ1n) is 5.11. The number of amides is 1. The van der Waals surface area contributed by atoms with Crippen molar-refractivity contribution >= 4 is 11.9 Å². The molecule has 1 aromatic heterocycles. The molecule has 0 aliphatic carbocycles. The number of carbonyl (C=O) groups excluding carboxylic acids is 2. The average molecular weight is 239 g/mol. The second-order valence-electron chi connectivity index (χ2n) is 3.29. The smallest absolute Gasteiger partial charge is 0.335 e. The molecular weight excluding hydrogens is 226 g/mol. The van der Waals surface area contributed by atoms with Crippen LogP contribution in [0.3, 0.4) is 0 Å². The zero-order valence-corrected chi connectivity index (χ0v) is 9.56. The van der Waals surface area contributed by atoms with E-state index in [2.05, 4.69) is 9.73 Å². The molecule has 0 fully saturated rings. The van der Waals surface area contributed by atoms with Crippen LogP contribution >= 0.6 is 0 Å². The van der Waals surface area contributed by atoms with Crippen molar-refractivity contribution in [2.45, 2.75) is 19.9 Å². The van der Waals surface area contributed by atoms with Gasteiger partial charge in [0, 0.05) is 6.07 Å². The molecule has 0 bridgehead atoms. The van der Waals surface area contributed by atoms with Crippen molar-refractivity contribution in [1.29, 1.82) is 0 Å². The van der Waals surface area contributed by atoms with Gasteiger partial charge in [0.15, 0.2) is 0 Å². The van der Waals surface area contributed by atoms with Gasteiger partial charge in [0.1, 0.15) is 12.3 Å². The molecule has 1 atom stereocenters. The number of hydrogen-bond acceptors (Lipinski definition) is 5. The molecule has 1 unspecified atom stereocenters. The normalized spacial score (nSPS) is 11.6. The van der Waals surface area contributed by atoms with Crippen molar-refractivity contribution in [1.82, 2.24) is 5.32 Å². The third kappa shape index (κ3) is 3.75. The minimum absolute atomic E-state index is 0.167. The largest absolute Gasteiger partial charge is 0.464 e. The van der Waals surface area contributed by atoms with Crippen molar-refractivity contribution < 1.29 is 18.7 Å². The first-order valence-corrected chi connectivity index (χ1v) is 5.11. The minimum Gasteiger partial charge on any atom is -0.464 e. The van der Waals surface area contributed by atoms with Gasteiger partial charge in [-0.15, -0.1) is 0 Å². The fourth-order valence-electron chi connectivity index (χ4n) is 1.09. The lowest BCUT2D eigenvalue weighted by Crippen LogP contribution is -2.39. The van der Waals surface area contributed by atoms with E-state index in [0.717, 1.165) is 12.3 Å². The number of ether oxygens (including phenoxy) is 1. The van der Waals surface area contributed by atoms with E-state index < -0.39 is 23.5 Å². The number of rotatable bonds is 4. The summed E-state index contributed by atoms with van der Waals surface area (Å²) in [6.07, 6.45) is 1.04. The van der Waals surface area contributed by atoms with E-state index in [-0.39, 0.29) is 12.2 Å². The van der Waals surface area contributed by atoms with Crippen LogP contribution < -0.4 is 10.9 Å². The number of carbonyl (C=O) groups is 2. The average Bonchev–Trinajstić information content (AvgIpc) is 2.30. The summed E-state index contributed by atoms with van der Waals surface area (Å²) in [7, 11) is 0. The molecule has 1 amide bonds. The molecule has 92 valence electrons. The molecule has 0 saturated heterocycles. The van der Waals surface area contributed by atoms with E-state index in [4.69, 9.17) is 4.74 Å². The number of esters is 1. The molecule has 0 spiro atoms. The van der Waals surface area contributed by atoms with Crippen LogP contribution in [0.25, 0.3) is 0 Å². The van der Waals surface area contributed by atoms with Crippen LogP contribution in [0.4, 0.5) is 0 Å². The Kier molecular flexibility index (Phi) is 4.45. The summed E-state index contributed by atoms with van der Waals surface area (Å²) in [5.41, 5.74) is -0.374. The number of nitrogens with one attached hydrogen (secondary N) is 1. The van der Waals surface area contributed by atoms with Crippen LogP contribution in [0, 0.1) is 0 Å². The highest BCUT2D eigenvalue weighted by atomic mass is 16.5. The maximum atomic E-state index is 11.6. The zero-order valence-electron chi connectivity index (χ0n) is 9.56. The molecular formula is C11H13NO5. The fourth-order valence-corrected chi connectivity index (χ4v) is 1.09. The molecule has 0 radical (unpaired) electrons. The Balaban J connectivity index is 2.63. The van der Waals surface area contributed by atoms with E-state index in [1.807, 2.05) is 0 Å². The Labute approximate surface area is 97.6 Å². The van der Waals surface area contributed by atoms with Crippen LogP contribution in [0.1, 0.15) is 24.2 Å². The number of hydrogen-bond donors (Lipinski definition) is 1. The minimum atomic E-state index is -0.755. The molecule has 1 heterocycles. The third-order valence-electron chi connectivity index (χ3n) is 1.95. The van der Waals surface area contributed by atoms with E-state index in [1.54, 1.807) is 6.92 Å². The lowest BCUT2D eigenvalue weighted by Gasteiger charge is -2.11. The monoisotopic (exact) mass is 239 g/mol.